The number of aliphatic carboxylic acids is 1. The lowest BCUT2D eigenvalue weighted by atomic mass is 10.1. The van der Waals surface area contributed by atoms with Gasteiger partial charge >= 0.3 is 5.97 Å². The first-order valence-corrected chi connectivity index (χ1v) is 6.46. The minimum absolute atomic E-state index is 0.0183. The Kier molecular flexibility index (Phi) is 4.45. The highest BCUT2D eigenvalue weighted by Gasteiger charge is 2.28. The quantitative estimate of drug-likeness (QED) is 0.758. The zero-order chi connectivity index (χ0) is 14.5. The van der Waals surface area contributed by atoms with Crippen molar-refractivity contribution in [2.75, 3.05) is 13.7 Å². The van der Waals surface area contributed by atoms with Crippen LogP contribution < -0.4 is 14.8 Å². The van der Waals surface area contributed by atoms with Gasteiger partial charge in [-0.15, -0.1) is 0 Å². The van der Waals surface area contributed by atoms with Gasteiger partial charge in [0.1, 0.15) is 11.5 Å². The van der Waals surface area contributed by atoms with E-state index in [2.05, 4.69) is 5.32 Å². The second-order valence-electron chi connectivity index (χ2n) is 4.54. The van der Waals surface area contributed by atoms with Gasteiger partial charge in [0.2, 0.25) is 5.91 Å². The summed E-state index contributed by atoms with van der Waals surface area (Å²) in [5, 5.41) is 11.5. The van der Waals surface area contributed by atoms with E-state index in [-0.39, 0.29) is 5.91 Å². The second-order valence-corrected chi connectivity index (χ2v) is 4.54. The molecular weight excluding hydrogens is 262 g/mol. The standard InChI is InChI=1S/C14H17NO5/c1-15-13(16)3-2-6-19-10-5-4-9-7-12(14(17)18)20-11(9)8-10/h4-5,8,12H,2-3,6-7H2,1H3,(H,15,16)(H,17,18). The number of nitrogens with one attached hydrogen (secondary N) is 1. The Hall–Kier alpha value is -2.24. The summed E-state index contributed by atoms with van der Waals surface area (Å²) in [5.41, 5.74) is 0.870. The van der Waals surface area contributed by atoms with E-state index in [1.54, 1.807) is 19.2 Å². The molecule has 2 N–H and O–H groups in total. The van der Waals surface area contributed by atoms with Gasteiger partial charge in [-0.2, -0.15) is 0 Å². The Balaban J connectivity index is 1.85. The third-order valence-corrected chi connectivity index (χ3v) is 3.08. The second kappa shape index (κ2) is 6.27. The highest BCUT2D eigenvalue weighted by atomic mass is 16.5. The Bertz CT molecular complexity index is 514. The van der Waals surface area contributed by atoms with Gasteiger partial charge in [-0.05, 0) is 18.1 Å². The van der Waals surface area contributed by atoms with Crippen LogP contribution in [0.25, 0.3) is 0 Å². The number of benzene rings is 1. The number of ether oxygens (including phenoxy) is 2. The van der Waals surface area contributed by atoms with Crippen molar-refractivity contribution < 1.29 is 24.2 Å². The van der Waals surface area contributed by atoms with E-state index in [1.807, 2.05) is 6.07 Å². The van der Waals surface area contributed by atoms with Crippen LogP contribution in [0.5, 0.6) is 11.5 Å². The average Bonchev–Trinajstić information content (AvgIpc) is 2.86. The maximum absolute atomic E-state index is 11.0. The van der Waals surface area contributed by atoms with Crippen LogP contribution in [0, 0.1) is 0 Å². The first-order chi connectivity index (χ1) is 9.60. The number of rotatable bonds is 6. The molecule has 1 aromatic carbocycles. The average molecular weight is 279 g/mol. The van der Waals surface area contributed by atoms with E-state index >= 15 is 0 Å². The van der Waals surface area contributed by atoms with Gasteiger partial charge in [0.05, 0.1) is 6.61 Å². The van der Waals surface area contributed by atoms with Crippen LogP contribution in [0.2, 0.25) is 0 Å². The largest absolute Gasteiger partial charge is 0.493 e. The number of carboxylic acid groups (broad SMARTS) is 1. The molecule has 1 aromatic rings. The summed E-state index contributed by atoms with van der Waals surface area (Å²) in [7, 11) is 1.60. The van der Waals surface area contributed by atoms with Gasteiger partial charge < -0.3 is 19.9 Å². The van der Waals surface area contributed by atoms with Gasteiger partial charge in [-0.25, -0.2) is 4.79 Å². The minimum Gasteiger partial charge on any atom is -0.493 e. The zero-order valence-corrected chi connectivity index (χ0v) is 11.2. The molecule has 1 unspecified atom stereocenters. The molecule has 0 aromatic heterocycles. The van der Waals surface area contributed by atoms with Gasteiger partial charge in [0.15, 0.2) is 6.10 Å². The monoisotopic (exact) mass is 279 g/mol. The smallest absolute Gasteiger partial charge is 0.345 e. The third-order valence-electron chi connectivity index (χ3n) is 3.08. The van der Waals surface area contributed by atoms with Crippen LogP contribution in [0.3, 0.4) is 0 Å². The Labute approximate surface area is 116 Å². The van der Waals surface area contributed by atoms with Gasteiger partial charge in [0.25, 0.3) is 0 Å². The SMILES string of the molecule is CNC(=O)CCCOc1ccc2c(c1)OC(C(=O)O)C2. The fraction of sp³-hybridized carbons (Fsp3) is 0.429. The normalized spacial score (nSPS) is 16.1. The van der Waals surface area contributed by atoms with Crippen molar-refractivity contribution >= 4 is 11.9 Å². The number of hydrogen-bond donors (Lipinski definition) is 2. The highest BCUT2D eigenvalue weighted by Crippen LogP contribution is 2.32. The zero-order valence-electron chi connectivity index (χ0n) is 11.2. The molecule has 0 aliphatic carbocycles. The lowest BCUT2D eigenvalue weighted by molar-refractivity contribution is -0.144. The van der Waals surface area contributed by atoms with Gasteiger partial charge in [0, 0.05) is 26.0 Å². The summed E-state index contributed by atoms with van der Waals surface area (Å²) in [6.45, 7) is 0.425. The van der Waals surface area contributed by atoms with E-state index in [9.17, 15) is 9.59 Å². The molecule has 0 spiro atoms. The molecule has 0 saturated carbocycles. The molecule has 1 aliphatic heterocycles. The first-order valence-electron chi connectivity index (χ1n) is 6.46. The van der Waals surface area contributed by atoms with Crippen LogP contribution in [-0.4, -0.2) is 36.7 Å². The molecule has 108 valence electrons. The Morgan fingerprint density at radius 1 is 1.50 bits per heavy atom. The van der Waals surface area contributed by atoms with Gasteiger partial charge in [-0.3, -0.25) is 4.79 Å². The fourth-order valence-electron chi connectivity index (χ4n) is 1.98. The van der Waals surface area contributed by atoms with Crippen molar-refractivity contribution in [2.24, 2.45) is 0 Å². The van der Waals surface area contributed by atoms with Gasteiger partial charge in [-0.1, -0.05) is 6.07 Å². The van der Waals surface area contributed by atoms with Crippen molar-refractivity contribution in [1.82, 2.24) is 5.32 Å². The number of fused-ring (bicyclic) bond motifs is 1. The molecule has 1 heterocycles. The van der Waals surface area contributed by atoms with Crippen LogP contribution in [0.1, 0.15) is 18.4 Å². The van der Waals surface area contributed by atoms with E-state index in [4.69, 9.17) is 14.6 Å². The fourth-order valence-corrected chi connectivity index (χ4v) is 1.98. The summed E-state index contributed by atoms with van der Waals surface area (Å²) in [6.07, 6.45) is 0.601. The summed E-state index contributed by atoms with van der Waals surface area (Å²) < 4.78 is 10.8. The third kappa shape index (κ3) is 3.40. The summed E-state index contributed by atoms with van der Waals surface area (Å²) in [5.74, 6) is 0.192. The molecule has 0 radical (unpaired) electrons. The van der Waals surface area contributed by atoms with Crippen LogP contribution in [-0.2, 0) is 16.0 Å². The molecule has 2 rings (SSSR count). The van der Waals surface area contributed by atoms with E-state index in [1.165, 1.54) is 0 Å². The van der Waals surface area contributed by atoms with Crippen LogP contribution >= 0.6 is 0 Å². The molecular formula is C14H17NO5. The Morgan fingerprint density at radius 2 is 2.30 bits per heavy atom. The molecule has 0 bridgehead atoms. The van der Waals surface area contributed by atoms with Crippen molar-refractivity contribution in [3.8, 4) is 11.5 Å². The van der Waals surface area contributed by atoms with Crippen LogP contribution in [0.15, 0.2) is 18.2 Å². The number of amides is 1. The van der Waals surface area contributed by atoms with Crippen molar-refractivity contribution in [2.45, 2.75) is 25.4 Å². The number of carbonyl (C=O) groups excluding carboxylic acids is 1. The van der Waals surface area contributed by atoms with Crippen molar-refractivity contribution in [3.63, 3.8) is 0 Å². The maximum atomic E-state index is 11.0. The lowest BCUT2D eigenvalue weighted by Gasteiger charge is -2.08. The number of carboxylic acids is 1. The molecule has 1 amide bonds. The lowest BCUT2D eigenvalue weighted by Crippen LogP contribution is -2.24. The molecule has 0 saturated heterocycles. The predicted octanol–water partition coefficient (Wildman–Crippen LogP) is 0.980. The topological polar surface area (TPSA) is 84.9 Å². The van der Waals surface area contributed by atoms with Crippen LogP contribution in [0.4, 0.5) is 0 Å². The molecule has 20 heavy (non-hydrogen) atoms. The van der Waals surface area contributed by atoms with E-state index < -0.39 is 12.1 Å². The number of hydrogen-bond acceptors (Lipinski definition) is 4. The van der Waals surface area contributed by atoms with Crippen molar-refractivity contribution in [1.29, 1.82) is 0 Å². The summed E-state index contributed by atoms with van der Waals surface area (Å²) in [4.78, 5) is 21.9. The molecule has 1 aliphatic rings. The molecule has 0 fully saturated rings. The molecule has 6 heteroatoms. The maximum Gasteiger partial charge on any atom is 0.345 e. The van der Waals surface area contributed by atoms with Crippen molar-refractivity contribution in [3.05, 3.63) is 23.8 Å². The summed E-state index contributed by atoms with van der Waals surface area (Å²) >= 11 is 0. The van der Waals surface area contributed by atoms with E-state index in [0.29, 0.717) is 37.4 Å². The minimum atomic E-state index is -0.964. The molecule has 1 atom stereocenters. The Morgan fingerprint density at radius 3 is 3.00 bits per heavy atom. The number of carbonyl (C=O) groups is 2. The molecule has 6 nitrogen and oxygen atoms in total. The summed E-state index contributed by atoms with van der Waals surface area (Å²) in [6, 6.07) is 5.29. The van der Waals surface area contributed by atoms with E-state index in [0.717, 1.165) is 5.56 Å². The first kappa shape index (κ1) is 14.2. The highest BCUT2D eigenvalue weighted by molar-refractivity contribution is 5.75. The predicted molar refractivity (Wildman–Crippen MR) is 71.0 cm³/mol.